The van der Waals surface area contributed by atoms with Gasteiger partial charge in [0.1, 0.15) is 18.0 Å². The Morgan fingerprint density at radius 2 is 1.02 bits per heavy atom. The number of amides is 2. The van der Waals surface area contributed by atoms with Crippen molar-refractivity contribution in [3.63, 3.8) is 0 Å². The fourth-order valence-electron chi connectivity index (χ4n) is 8.09. The second-order valence-corrected chi connectivity index (χ2v) is 18.4. The van der Waals surface area contributed by atoms with Crippen LogP contribution in [-0.4, -0.2) is 74.0 Å². The number of aromatic hydroxyl groups is 1. The van der Waals surface area contributed by atoms with Crippen molar-refractivity contribution in [1.29, 1.82) is 0 Å². The second kappa shape index (κ2) is 12.7. The lowest BCUT2D eigenvalue weighted by atomic mass is 9.77. The normalized spacial score (nSPS) is 21.3. The summed E-state index contributed by atoms with van der Waals surface area (Å²) in [4.78, 5) is 55.8. The van der Waals surface area contributed by atoms with Gasteiger partial charge in [0.2, 0.25) is 12.8 Å². The van der Waals surface area contributed by atoms with E-state index in [0.29, 0.717) is 25.7 Å². The molecule has 9 heteroatoms. The summed E-state index contributed by atoms with van der Waals surface area (Å²) in [6, 6.07) is 3.75. The second-order valence-electron chi connectivity index (χ2n) is 18.4. The van der Waals surface area contributed by atoms with Crippen LogP contribution in [0.5, 0.6) is 5.75 Å². The number of esters is 2. The van der Waals surface area contributed by atoms with Crippen LogP contribution in [0.2, 0.25) is 0 Å². The van der Waals surface area contributed by atoms with Gasteiger partial charge in [-0.15, -0.1) is 0 Å². The van der Waals surface area contributed by atoms with Gasteiger partial charge >= 0.3 is 11.9 Å². The minimum atomic E-state index is -1.26. The van der Waals surface area contributed by atoms with Gasteiger partial charge in [-0.25, -0.2) is 0 Å². The van der Waals surface area contributed by atoms with Gasteiger partial charge < -0.3 is 24.4 Å². The first-order valence-electron chi connectivity index (χ1n) is 16.9. The van der Waals surface area contributed by atoms with Gasteiger partial charge in [0, 0.05) is 47.8 Å². The molecule has 2 saturated heterocycles. The van der Waals surface area contributed by atoms with Crippen LogP contribution in [0.15, 0.2) is 12.1 Å². The quantitative estimate of drug-likeness (QED) is 0.191. The molecule has 0 radical (unpaired) electrons. The molecule has 2 aliphatic heterocycles. The van der Waals surface area contributed by atoms with E-state index in [1.54, 1.807) is 9.80 Å². The summed E-state index contributed by atoms with van der Waals surface area (Å²) < 4.78 is 12.3. The van der Waals surface area contributed by atoms with Gasteiger partial charge in [-0.2, -0.15) is 0 Å². The highest BCUT2D eigenvalue weighted by Crippen LogP contribution is 2.42. The zero-order chi connectivity index (χ0) is 36.1. The Hall–Kier alpha value is -3.10. The maximum atomic E-state index is 14.1. The number of phenols is 1. The Bertz CT molecular complexity index is 1230. The van der Waals surface area contributed by atoms with E-state index in [1.807, 2.05) is 109 Å². The van der Waals surface area contributed by atoms with Crippen LogP contribution < -0.4 is 0 Å². The number of piperidine rings is 2. The molecular formula is C38H60N2O7. The summed E-state index contributed by atoms with van der Waals surface area (Å²) >= 11 is 0. The van der Waals surface area contributed by atoms with Crippen molar-refractivity contribution in [2.24, 2.45) is 5.92 Å². The van der Waals surface area contributed by atoms with Crippen molar-refractivity contribution in [3.05, 3.63) is 28.8 Å². The Morgan fingerprint density at radius 3 is 1.28 bits per heavy atom. The molecule has 3 rings (SSSR count). The lowest BCUT2D eigenvalue weighted by molar-refractivity contribution is -0.177. The highest BCUT2D eigenvalue weighted by atomic mass is 16.6. The van der Waals surface area contributed by atoms with Crippen molar-refractivity contribution in [2.75, 3.05) is 0 Å². The third kappa shape index (κ3) is 8.32. The molecule has 1 aromatic carbocycles. The van der Waals surface area contributed by atoms with E-state index in [4.69, 9.17) is 9.47 Å². The maximum Gasteiger partial charge on any atom is 0.320 e. The number of ether oxygens (including phenoxy) is 2. The zero-order valence-corrected chi connectivity index (χ0v) is 31.4. The molecule has 0 atom stereocenters. The molecule has 2 amide bonds. The number of nitrogens with zero attached hydrogens (tertiary/aromatic N) is 2. The molecule has 1 N–H and O–H groups in total. The molecule has 2 fully saturated rings. The topological polar surface area (TPSA) is 113 Å². The molecule has 0 aliphatic carbocycles. The van der Waals surface area contributed by atoms with E-state index in [9.17, 15) is 24.3 Å². The summed E-state index contributed by atoms with van der Waals surface area (Å²) in [5, 5.41) is 11.3. The zero-order valence-electron chi connectivity index (χ0n) is 31.4. The largest absolute Gasteiger partial charge is 0.507 e. The maximum absolute atomic E-state index is 14.1. The van der Waals surface area contributed by atoms with E-state index >= 15 is 0 Å². The average molecular weight is 657 g/mol. The molecule has 1 aromatic rings. The van der Waals surface area contributed by atoms with Gasteiger partial charge in [-0.3, -0.25) is 19.2 Å². The van der Waals surface area contributed by atoms with Crippen molar-refractivity contribution in [1.82, 2.24) is 9.80 Å². The van der Waals surface area contributed by atoms with Crippen LogP contribution in [0.25, 0.3) is 0 Å². The van der Waals surface area contributed by atoms with Crippen LogP contribution in [0, 0.1) is 5.92 Å². The Kier molecular flexibility index (Phi) is 10.4. The number of benzene rings is 1. The fraction of sp³-hybridized carbons (Fsp3) is 0.737. The third-order valence-corrected chi connectivity index (χ3v) is 10.1. The molecule has 0 unspecified atom stereocenters. The molecule has 9 nitrogen and oxygen atoms in total. The summed E-state index contributed by atoms with van der Waals surface area (Å²) in [5.41, 5.74) is -0.853. The third-order valence-electron chi connectivity index (χ3n) is 10.1. The molecule has 264 valence electrons. The predicted octanol–water partition coefficient (Wildman–Crippen LogP) is 6.59. The van der Waals surface area contributed by atoms with Crippen molar-refractivity contribution >= 4 is 24.8 Å². The first kappa shape index (κ1) is 38.3. The lowest BCUT2D eigenvalue weighted by Crippen LogP contribution is -2.62. The van der Waals surface area contributed by atoms with Crippen LogP contribution in [0.4, 0.5) is 0 Å². The van der Waals surface area contributed by atoms with E-state index in [-0.39, 0.29) is 12.2 Å². The van der Waals surface area contributed by atoms with Gasteiger partial charge in [0.15, 0.2) is 5.92 Å². The minimum absolute atomic E-state index is 0.0318. The number of hydrogen-bond donors (Lipinski definition) is 1. The first-order chi connectivity index (χ1) is 21.2. The molecule has 47 heavy (non-hydrogen) atoms. The van der Waals surface area contributed by atoms with Crippen LogP contribution in [0.3, 0.4) is 0 Å². The first-order valence-corrected chi connectivity index (χ1v) is 16.9. The van der Waals surface area contributed by atoms with E-state index < -0.39 is 63.1 Å². The number of likely N-dealkylation sites (tertiary alicyclic amines) is 2. The monoisotopic (exact) mass is 656 g/mol. The van der Waals surface area contributed by atoms with Crippen LogP contribution >= 0.6 is 0 Å². The summed E-state index contributed by atoms with van der Waals surface area (Å²) in [6.07, 6.45) is 2.42. The van der Waals surface area contributed by atoms with Gasteiger partial charge in [-0.1, -0.05) is 53.7 Å². The molecular weight excluding hydrogens is 596 g/mol. The Morgan fingerprint density at radius 1 is 0.723 bits per heavy atom. The minimum Gasteiger partial charge on any atom is -0.507 e. The van der Waals surface area contributed by atoms with E-state index in [1.165, 1.54) is 0 Å². The standard InChI is InChI=1S/C38H60N2O7/c1-33(2,3)28-16-24(17-29(30(28)43)34(4,5)6)15-27(31(44)46-25-18-35(7,8)39(22-41)36(9,10)19-25)32(45)47-26-20-37(11,12)40(23-42)38(13,14)21-26/h16-17,22-23,25-27,43H,15,18-21H2,1-14H3. The molecule has 0 saturated carbocycles. The number of hydrogen-bond acceptors (Lipinski definition) is 7. The Balaban J connectivity index is 2.03. The Labute approximate surface area is 282 Å². The molecule has 2 aliphatic rings. The summed E-state index contributed by atoms with van der Waals surface area (Å²) in [6.45, 7) is 27.7. The summed E-state index contributed by atoms with van der Waals surface area (Å²) in [5.74, 6) is -2.38. The van der Waals surface area contributed by atoms with Gasteiger partial charge in [-0.05, 0) is 89.3 Å². The van der Waals surface area contributed by atoms with Gasteiger partial charge in [0.25, 0.3) is 0 Å². The molecule has 2 heterocycles. The SMILES string of the molecule is CC(C)(C)c1cc(CC(C(=O)OC2CC(C)(C)N(C=O)C(C)(C)C2)C(=O)OC2CC(C)(C)N(C=O)C(C)(C)C2)cc(C(C)(C)C)c1O. The lowest BCUT2D eigenvalue weighted by Gasteiger charge is -2.53. The predicted molar refractivity (Wildman–Crippen MR) is 183 cm³/mol. The molecule has 0 bridgehead atoms. The molecule has 0 aromatic heterocycles. The summed E-state index contributed by atoms with van der Waals surface area (Å²) in [7, 11) is 0. The van der Waals surface area contributed by atoms with Crippen molar-refractivity contribution < 1.29 is 33.8 Å². The average Bonchev–Trinajstić information content (AvgIpc) is 2.83. The van der Waals surface area contributed by atoms with Gasteiger partial charge in [0.05, 0.1) is 0 Å². The number of phenolic OH excluding ortho intramolecular Hbond substituents is 1. The number of carbonyl (C=O) groups excluding carboxylic acids is 4. The number of rotatable bonds is 8. The van der Waals surface area contributed by atoms with Crippen LogP contribution in [0.1, 0.15) is 139 Å². The van der Waals surface area contributed by atoms with E-state index in [0.717, 1.165) is 29.5 Å². The fourth-order valence-corrected chi connectivity index (χ4v) is 8.09. The molecule has 0 spiro atoms. The highest BCUT2D eigenvalue weighted by Gasteiger charge is 2.49. The number of carbonyl (C=O) groups is 4. The van der Waals surface area contributed by atoms with Crippen molar-refractivity contribution in [2.45, 2.75) is 174 Å². The van der Waals surface area contributed by atoms with Crippen LogP contribution in [-0.2, 0) is 45.9 Å². The van der Waals surface area contributed by atoms with Crippen molar-refractivity contribution in [3.8, 4) is 5.75 Å². The smallest absolute Gasteiger partial charge is 0.320 e. The van der Waals surface area contributed by atoms with E-state index in [2.05, 4.69) is 0 Å². The highest BCUT2D eigenvalue weighted by molar-refractivity contribution is 5.95.